The van der Waals surface area contributed by atoms with Crippen LogP contribution in [0.15, 0.2) is 46.0 Å². The number of benzene rings is 1. The smallest absolute Gasteiger partial charge is 0.417 e. The number of carbonyl (C=O) groups is 3. The minimum absolute atomic E-state index is 0.0269. The van der Waals surface area contributed by atoms with Gasteiger partial charge in [0.15, 0.2) is 10.8 Å². The van der Waals surface area contributed by atoms with Crippen LogP contribution in [0.4, 0.5) is 17.6 Å². The Labute approximate surface area is 244 Å². The number of carboxylic acid groups (broad SMARTS) is 1. The fraction of sp³-hybridized carbons (Fsp3) is 0.429. The van der Waals surface area contributed by atoms with Gasteiger partial charge in [0.2, 0.25) is 11.7 Å². The number of aromatic nitrogens is 1. The molecule has 1 aromatic carbocycles. The molecular weight excluding hydrogens is 598 g/mol. The zero-order valence-corrected chi connectivity index (χ0v) is 24.1. The van der Waals surface area contributed by atoms with Crippen LogP contribution in [0.1, 0.15) is 67.6 Å². The van der Waals surface area contributed by atoms with E-state index in [1.807, 2.05) is 0 Å². The van der Waals surface area contributed by atoms with Gasteiger partial charge in [0, 0.05) is 23.2 Å². The van der Waals surface area contributed by atoms with Gasteiger partial charge in [0.1, 0.15) is 11.4 Å². The quantitative estimate of drug-likeness (QED) is 0.341. The predicted molar refractivity (Wildman–Crippen MR) is 144 cm³/mol. The van der Waals surface area contributed by atoms with Gasteiger partial charge >= 0.3 is 12.1 Å². The van der Waals surface area contributed by atoms with Crippen molar-refractivity contribution in [1.82, 2.24) is 14.6 Å². The van der Waals surface area contributed by atoms with Gasteiger partial charge in [0.05, 0.1) is 24.1 Å². The van der Waals surface area contributed by atoms with Gasteiger partial charge in [-0.2, -0.15) is 17.5 Å². The molecule has 2 aromatic heterocycles. The summed E-state index contributed by atoms with van der Waals surface area (Å²) in [4.78, 5) is 42.5. The molecule has 15 heteroatoms. The number of pyridine rings is 1. The summed E-state index contributed by atoms with van der Waals surface area (Å²) in [6, 6.07) is 2.77. The summed E-state index contributed by atoms with van der Waals surface area (Å²) >= 11 is 0. The van der Waals surface area contributed by atoms with Gasteiger partial charge in [-0.3, -0.25) is 9.59 Å². The molecule has 10 nitrogen and oxygen atoms in total. The van der Waals surface area contributed by atoms with Crippen LogP contribution >= 0.6 is 0 Å². The lowest BCUT2D eigenvalue weighted by Crippen LogP contribution is -2.46. The number of hydrogen-bond acceptors (Lipinski definition) is 7. The lowest BCUT2D eigenvalue weighted by atomic mass is 9.87. The third-order valence-electron chi connectivity index (χ3n) is 7.27. The van der Waals surface area contributed by atoms with Gasteiger partial charge in [-0.05, 0) is 62.4 Å². The number of halogens is 4. The molecule has 2 N–H and O–H groups in total. The van der Waals surface area contributed by atoms with E-state index in [4.69, 9.17) is 4.42 Å². The zero-order chi connectivity index (χ0) is 31.9. The second-order valence-corrected chi connectivity index (χ2v) is 12.7. The average molecular weight is 628 g/mol. The van der Waals surface area contributed by atoms with E-state index in [1.54, 1.807) is 13.8 Å². The molecular formula is C28H29F4N3O7S. The van der Waals surface area contributed by atoms with Gasteiger partial charge in [-0.25, -0.2) is 22.6 Å². The Morgan fingerprint density at radius 3 is 2.47 bits per heavy atom. The van der Waals surface area contributed by atoms with Crippen molar-refractivity contribution in [1.29, 1.82) is 0 Å². The van der Waals surface area contributed by atoms with E-state index in [0.29, 0.717) is 18.3 Å². The molecule has 3 atom stereocenters. The fourth-order valence-electron chi connectivity index (χ4n) is 5.12. The van der Waals surface area contributed by atoms with Crippen molar-refractivity contribution in [3.05, 3.63) is 59.2 Å². The molecule has 1 aliphatic rings. The van der Waals surface area contributed by atoms with Crippen molar-refractivity contribution in [2.75, 3.05) is 6.54 Å². The number of aromatic carboxylic acids is 1. The lowest BCUT2D eigenvalue weighted by Gasteiger charge is -2.25. The Hall–Kier alpha value is -3.85. The number of Topliss-reactive ketones (excluding diaryl/α,β-unsaturated/α-hetero) is 1. The van der Waals surface area contributed by atoms with E-state index in [0.717, 1.165) is 16.4 Å². The van der Waals surface area contributed by atoms with Crippen molar-refractivity contribution in [2.45, 2.75) is 69.2 Å². The maximum absolute atomic E-state index is 14.1. The highest BCUT2D eigenvalue weighted by molar-refractivity contribution is 7.89. The summed E-state index contributed by atoms with van der Waals surface area (Å²) in [6.45, 7) is 4.42. The molecule has 1 aliphatic heterocycles. The van der Waals surface area contributed by atoms with E-state index >= 15 is 0 Å². The Balaban J connectivity index is 1.61. The first-order valence-electron chi connectivity index (χ1n) is 13.3. The van der Waals surface area contributed by atoms with Crippen LogP contribution in [0.5, 0.6) is 0 Å². The van der Waals surface area contributed by atoms with Crippen LogP contribution in [0.2, 0.25) is 0 Å². The summed E-state index contributed by atoms with van der Waals surface area (Å²) in [6.07, 6.45) is -4.08. The van der Waals surface area contributed by atoms with Crippen LogP contribution in [-0.2, 0) is 25.8 Å². The molecule has 1 amide bonds. The second kappa shape index (κ2) is 12.0. The van der Waals surface area contributed by atoms with Crippen LogP contribution in [0.25, 0.3) is 11.0 Å². The number of furan rings is 1. The largest absolute Gasteiger partial charge is 0.475 e. The van der Waals surface area contributed by atoms with Gasteiger partial charge < -0.3 is 14.8 Å². The third kappa shape index (κ3) is 6.72. The summed E-state index contributed by atoms with van der Waals surface area (Å²) in [5, 5.41) is 11.8. The Morgan fingerprint density at radius 2 is 1.88 bits per heavy atom. The van der Waals surface area contributed by atoms with Crippen molar-refractivity contribution in [3.63, 3.8) is 0 Å². The fourth-order valence-corrected chi connectivity index (χ4v) is 6.66. The van der Waals surface area contributed by atoms with E-state index in [2.05, 4.69) is 10.3 Å². The van der Waals surface area contributed by atoms with E-state index in [9.17, 15) is 45.5 Å². The molecule has 0 unspecified atom stereocenters. The maximum atomic E-state index is 14.1. The van der Waals surface area contributed by atoms with Crippen molar-refractivity contribution < 1.29 is 49.9 Å². The number of ketones is 1. The molecule has 0 radical (unpaired) electrons. The van der Waals surface area contributed by atoms with Crippen LogP contribution in [0.3, 0.4) is 0 Å². The van der Waals surface area contributed by atoms with E-state index < -0.39 is 80.6 Å². The molecule has 4 rings (SSSR count). The highest BCUT2D eigenvalue weighted by Crippen LogP contribution is 2.37. The normalized spacial score (nSPS) is 19.4. The Morgan fingerprint density at radius 1 is 1.19 bits per heavy atom. The number of rotatable bonds is 8. The number of fused-ring (bicyclic) bond motifs is 1. The number of sulfonamides is 1. The average Bonchev–Trinajstić information content (AvgIpc) is 3.23. The van der Waals surface area contributed by atoms with Crippen LogP contribution < -0.4 is 5.32 Å². The second-order valence-electron chi connectivity index (χ2n) is 10.9. The number of alkyl halides is 3. The molecule has 3 heterocycles. The number of nitrogens with one attached hydrogen (secondary N) is 1. The number of hydrogen-bond donors (Lipinski definition) is 2. The minimum Gasteiger partial charge on any atom is -0.475 e. The Bertz CT molecular complexity index is 1650. The first-order valence-corrected chi connectivity index (χ1v) is 14.8. The van der Waals surface area contributed by atoms with Crippen LogP contribution in [0, 0.1) is 11.7 Å². The number of carbonyl (C=O) groups excluding carboxylic acids is 2. The number of carboxylic acids is 1. The van der Waals surface area contributed by atoms with Gasteiger partial charge in [-0.1, -0.05) is 13.8 Å². The maximum Gasteiger partial charge on any atom is 0.417 e. The first-order chi connectivity index (χ1) is 20.0. The number of nitrogens with zero attached hydrogens (tertiary/aromatic N) is 2. The highest BCUT2D eigenvalue weighted by Gasteiger charge is 2.40. The minimum atomic E-state index is -4.72. The molecule has 3 aromatic rings. The Kier molecular flexibility index (Phi) is 8.97. The van der Waals surface area contributed by atoms with Crippen molar-refractivity contribution >= 4 is 38.7 Å². The molecule has 232 valence electrons. The summed E-state index contributed by atoms with van der Waals surface area (Å²) < 4.78 is 85.7. The molecule has 43 heavy (non-hydrogen) atoms. The molecule has 0 aliphatic carbocycles. The molecule has 0 saturated carbocycles. The standard InChI is InChI=1S/C28H29F4N3O7S/c1-14(2)10-19(24-18-11-17(29)6-8-22(18)42-25(24)27(38)39)26(37)34-20-7-4-15(3)35(13-21(20)36)43(40,41)23-9-5-16(12-33-23)28(30,31)32/h5-6,8-9,11-12,14-15,19-20H,4,7,10,13H2,1-3H3,(H,34,37)(H,38,39)/t15-,19+,20+/m1/s1. The summed E-state index contributed by atoms with van der Waals surface area (Å²) in [7, 11) is -4.48. The van der Waals surface area contributed by atoms with Crippen molar-refractivity contribution in [3.8, 4) is 0 Å². The molecule has 0 spiro atoms. The molecule has 1 fully saturated rings. The summed E-state index contributed by atoms with van der Waals surface area (Å²) in [5.41, 5.74) is -1.11. The highest BCUT2D eigenvalue weighted by atomic mass is 32.2. The van der Waals surface area contributed by atoms with Crippen molar-refractivity contribution in [2.24, 2.45) is 5.92 Å². The molecule has 0 bridgehead atoms. The monoisotopic (exact) mass is 627 g/mol. The number of amides is 1. The molecule has 1 saturated heterocycles. The summed E-state index contributed by atoms with van der Waals surface area (Å²) in [5.74, 6) is -5.38. The van der Waals surface area contributed by atoms with E-state index in [1.165, 1.54) is 13.0 Å². The van der Waals surface area contributed by atoms with Gasteiger partial charge in [0.25, 0.3) is 10.0 Å². The topological polar surface area (TPSA) is 147 Å². The SMILES string of the molecule is CC(C)C[C@H](C(=O)N[C@H]1CC[C@@H](C)N(S(=O)(=O)c2ccc(C(F)(F)F)cn2)CC1=O)c1c(C(=O)O)oc2ccc(F)cc12. The first kappa shape index (κ1) is 32.1. The zero-order valence-electron chi connectivity index (χ0n) is 23.3. The third-order valence-corrected chi connectivity index (χ3v) is 9.15. The predicted octanol–water partition coefficient (Wildman–Crippen LogP) is 4.74. The van der Waals surface area contributed by atoms with Crippen LogP contribution in [-0.4, -0.2) is 59.1 Å². The lowest BCUT2D eigenvalue weighted by molar-refractivity contribution is -0.137. The van der Waals surface area contributed by atoms with Gasteiger partial charge in [-0.15, -0.1) is 0 Å². The van der Waals surface area contributed by atoms with E-state index in [-0.39, 0.29) is 41.7 Å².